The maximum atomic E-state index is 10.6. The number of hydrogen-bond donors (Lipinski definition) is 0. The van der Waals surface area contributed by atoms with Gasteiger partial charge in [-0.3, -0.25) is 4.79 Å². The second-order valence-electron chi connectivity index (χ2n) is 2.28. The van der Waals surface area contributed by atoms with Gasteiger partial charge in [-0.15, -0.1) is 0 Å². The molecule has 0 saturated heterocycles. The number of halogens is 1. The van der Waals surface area contributed by atoms with Crippen molar-refractivity contribution in [2.45, 2.75) is 13.5 Å². The summed E-state index contributed by atoms with van der Waals surface area (Å²) in [5.41, 5.74) is 0. The van der Waals surface area contributed by atoms with Crippen LogP contribution in [0.3, 0.4) is 0 Å². The van der Waals surface area contributed by atoms with Gasteiger partial charge in [0.05, 0.1) is 0 Å². The zero-order valence-electron chi connectivity index (χ0n) is 6.83. The molecule has 0 aromatic carbocycles. The average Bonchev–Trinajstić information content (AvgIpc) is 2.29. The predicted octanol–water partition coefficient (Wildman–Crippen LogP) is 1.02. The molecule has 1 heterocycles. The van der Waals surface area contributed by atoms with Crippen LogP contribution in [0, 0.1) is 6.92 Å². The van der Waals surface area contributed by atoms with E-state index in [-0.39, 0.29) is 17.0 Å². The number of aryl methyl sites for hydroxylation is 1. The topological polar surface area (TPSA) is 69.7 Å². The van der Waals surface area contributed by atoms with Gasteiger partial charge in [-0.2, -0.15) is 0 Å². The summed E-state index contributed by atoms with van der Waals surface area (Å²) in [6.45, 7) is 1.66. The van der Waals surface area contributed by atoms with Gasteiger partial charge in [0.2, 0.25) is 3.79 Å². The molecule has 0 aliphatic heterocycles. The maximum absolute atomic E-state index is 10.6. The highest BCUT2D eigenvalue weighted by molar-refractivity contribution is 14.1. The fraction of sp³-hybridized carbons (Fsp3) is 0.429. The molecular weight excluding hydrogens is 291 g/mol. The van der Waals surface area contributed by atoms with Gasteiger partial charge >= 0.3 is 5.82 Å². The lowest BCUT2D eigenvalue weighted by molar-refractivity contribution is -0.114. The van der Waals surface area contributed by atoms with Crippen molar-refractivity contribution in [3.8, 4) is 0 Å². The third-order valence-corrected chi connectivity index (χ3v) is 1.60. The first-order valence-electron chi connectivity index (χ1n) is 3.45. The summed E-state index contributed by atoms with van der Waals surface area (Å²) < 4.78 is 14.0. The second-order valence-corrected chi connectivity index (χ2v) is 3.48. The molecule has 0 saturated carbocycles. The van der Waals surface area contributed by atoms with Crippen molar-refractivity contribution >= 4 is 26.4 Å². The van der Waals surface area contributed by atoms with Gasteiger partial charge in [0.1, 0.15) is 19.0 Å². The fourth-order valence-electron chi connectivity index (χ4n) is 0.730. The Kier molecular flexibility index (Phi) is 3.67. The van der Waals surface area contributed by atoms with Crippen molar-refractivity contribution < 1.29 is 18.4 Å². The summed E-state index contributed by atoms with van der Waals surface area (Å²) in [4.78, 5) is 21.0. The summed E-state index contributed by atoms with van der Waals surface area (Å²) in [5.74, 6) is -0.0505. The molecular formula is C7H7IO5. The van der Waals surface area contributed by atoms with Crippen LogP contribution in [0.15, 0.2) is 13.6 Å². The van der Waals surface area contributed by atoms with Crippen molar-refractivity contribution in [1.29, 1.82) is 0 Å². The Hall–Kier alpha value is -0.630. The van der Waals surface area contributed by atoms with Gasteiger partial charge in [0.25, 0.3) is 0 Å². The predicted molar refractivity (Wildman–Crippen MR) is 50.7 cm³/mol. The molecule has 1 aromatic rings. The van der Waals surface area contributed by atoms with E-state index in [1.165, 1.54) is 0 Å². The molecule has 13 heavy (non-hydrogen) atoms. The summed E-state index contributed by atoms with van der Waals surface area (Å²) in [6, 6.07) is 0. The smallest absolute Gasteiger partial charge is 0.396 e. The Morgan fingerprint density at radius 1 is 1.54 bits per heavy atom. The first-order chi connectivity index (χ1) is 6.09. The number of hydrogen-bond acceptors (Lipinski definition) is 5. The maximum Gasteiger partial charge on any atom is 0.519 e. The van der Waals surface area contributed by atoms with Crippen LogP contribution in [-0.4, -0.2) is 10.4 Å². The third-order valence-electron chi connectivity index (χ3n) is 1.28. The Labute approximate surface area is 87.2 Å². The van der Waals surface area contributed by atoms with Crippen molar-refractivity contribution in [2.75, 3.05) is 6.61 Å². The van der Waals surface area contributed by atoms with Crippen LogP contribution in [0.1, 0.15) is 11.5 Å². The van der Waals surface area contributed by atoms with Gasteiger partial charge in [-0.1, -0.05) is 0 Å². The number of carbonyl (C=O) groups excluding carboxylic acids is 1. The van der Waals surface area contributed by atoms with E-state index in [1.54, 1.807) is 29.5 Å². The molecule has 0 amide bonds. The molecule has 0 aliphatic rings. The highest BCUT2D eigenvalue weighted by atomic mass is 127. The lowest BCUT2D eigenvalue weighted by atomic mass is 10.4. The summed E-state index contributed by atoms with van der Waals surface area (Å²) in [6.07, 6.45) is 0. The number of carbonyl (C=O) groups is 1. The van der Waals surface area contributed by atoms with E-state index in [0.29, 0.717) is 11.5 Å². The number of ether oxygens (including phenoxy) is 1. The lowest BCUT2D eigenvalue weighted by Crippen LogP contribution is -2.01. The van der Waals surface area contributed by atoms with E-state index >= 15 is 0 Å². The van der Waals surface area contributed by atoms with E-state index in [9.17, 15) is 9.59 Å². The van der Waals surface area contributed by atoms with Crippen molar-refractivity contribution in [3.05, 3.63) is 22.1 Å². The molecule has 72 valence electrons. The van der Waals surface area contributed by atoms with Crippen LogP contribution < -0.4 is 5.82 Å². The van der Waals surface area contributed by atoms with Crippen LogP contribution in [0.5, 0.6) is 0 Å². The molecule has 5 nitrogen and oxygen atoms in total. The number of rotatable bonds is 4. The monoisotopic (exact) mass is 298 g/mol. The van der Waals surface area contributed by atoms with E-state index in [1.807, 2.05) is 0 Å². The fourth-order valence-corrected chi connectivity index (χ4v) is 0.950. The Bertz CT molecular complexity index is 350. The van der Waals surface area contributed by atoms with Crippen molar-refractivity contribution in [3.63, 3.8) is 0 Å². The molecule has 1 aromatic heterocycles. The van der Waals surface area contributed by atoms with E-state index < -0.39 is 5.82 Å². The zero-order chi connectivity index (χ0) is 9.84. The SMILES string of the molecule is Cc1oc(=O)oc1COCC(=O)I. The average molecular weight is 298 g/mol. The lowest BCUT2D eigenvalue weighted by Gasteiger charge is -1.96. The highest BCUT2D eigenvalue weighted by Gasteiger charge is 2.08. The standard InChI is InChI=1S/C7H7IO5/c1-4-5(13-7(10)12-4)2-11-3-6(8)9/h2-3H2,1H3. The molecule has 1 rings (SSSR count). The molecule has 0 atom stereocenters. The van der Waals surface area contributed by atoms with Gasteiger partial charge < -0.3 is 13.6 Å². The summed E-state index contributed by atoms with van der Waals surface area (Å²) in [7, 11) is 0. The van der Waals surface area contributed by atoms with Crippen LogP contribution in [0.25, 0.3) is 0 Å². The largest absolute Gasteiger partial charge is 0.519 e. The van der Waals surface area contributed by atoms with Crippen molar-refractivity contribution in [2.24, 2.45) is 0 Å². The second kappa shape index (κ2) is 4.56. The third kappa shape index (κ3) is 3.31. The van der Waals surface area contributed by atoms with Crippen LogP contribution >= 0.6 is 22.6 Å². The Morgan fingerprint density at radius 2 is 2.23 bits per heavy atom. The van der Waals surface area contributed by atoms with Crippen LogP contribution in [0.4, 0.5) is 0 Å². The molecule has 0 aliphatic carbocycles. The first-order valence-corrected chi connectivity index (χ1v) is 4.53. The van der Waals surface area contributed by atoms with E-state index in [4.69, 9.17) is 4.74 Å². The minimum Gasteiger partial charge on any atom is -0.396 e. The Balaban J connectivity index is 2.50. The summed E-state index contributed by atoms with van der Waals surface area (Å²) in [5, 5.41) is 0. The quantitative estimate of drug-likeness (QED) is 0.613. The van der Waals surface area contributed by atoms with Gasteiger partial charge in [-0.25, -0.2) is 4.79 Å². The zero-order valence-corrected chi connectivity index (χ0v) is 8.99. The van der Waals surface area contributed by atoms with Gasteiger partial charge in [-0.05, 0) is 6.92 Å². The molecule has 0 radical (unpaired) electrons. The van der Waals surface area contributed by atoms with Crippen LogP contribution in [-0.2, 0) is 16.1 Å². The molecule has 0 bridgehead atoms. The summed E-state index contributed by atoms with van der Waals surface area (Å²) >= 11 is 1.62. The molecule has 0 N–H and O–H groups in total. The molecule has 0 unspecified atom stereocenters. The normalized spacial score (nSPS) is 10.3. The highest BCUT2D eigenvalue weighted by Crippen LogP contribution is 2.06. The minimum atomic E-state index is -0.753. The molecule has 0 spiro atoms. The minimum absolute atomic E-state index is 0.00507. The van der Waals surface area contributed by atoms with Crippen LogP contribution in [0.2, 0.25) is 0 Å². The molecule has 6 heteroatoms. The van der Waals surface area contributed by atoms with E-state index in [0.717, 1.165) is 0 Å². The van der Waals surface area contributed by atoms with Gasteiger partial charge in [0, 0.05) is 22.6 Å². The van der Waals surface area contributed by atoms with E-state index in [2.05, 4.69) is 8.83 Å². The van der Waals surface area contributed by atoms with Gasteiger partial charge in [0.15, 0.2) is 5.76 Å². The molecule has 0 fully saturated rings. The Morgan fingerprint density at radius 3 is 2.69 bits per heavy atom. The first kappa shape index (κ1) is 10.5. The van der Waals surface area contributed by atoms with Crippen molar-refractivity contribution in [1.82, 2.24) is 0 Å².